The van der Waals surface area contributed by atoms with E-state index in [1.807, 2.05) is 0 Å². The molecule has 3 heteroatoms. The summed E-state index contributed by atoms with van der Waals surface area (Å²) in [6, 6.07) is 0.421. The number of carbonyl (C=O) groups is 1. The second-order valence-electron chi connectivity index (χ2n) is 6.11. The molecule has 1 atom stereocenters. The summed E-state index contributed by atoms with van der Waals surface area (Å²) in [4.78, 5) is 11.8. The van der Waals surface area contributed by atoms with Crippen LogP contribution in [0.3, 0.4) is 0 Å². The van der Waals surface area contributed by atoms with Gasteiger partial charge in [0, 0.05) is 6.04 Å². The van der Waals surface area contributed by atoms with E-state index in [1.54, 1.807) is 0 Å². The van der Waals surface area contributed by atoms with Gasteiger partial charge in [0.1, 0.15) is 0 Å². The van der Waals surface area contributed by atoms with Crippen molar-refractivity contribution in [3.8, 4) is 0 Å². The number of hydrogen-bond donors (Lipinski definition) is 2. The normalized spacial score (nSPS) is 19.6. The van der Waals surface area contributed by atoms with Crippen molar-refractivity contribution in [1.29, 1.82) is 0 Å². The largest absolute Gasteiger partial charge is 0.352 e. The summed E-state index contributed by atoms with van der Waals surface area (Å²) in [5.41, 5.74) is 0. The average molecular weight is 254 g/mol. The van der Waals surface area contributed by atoms with Crippen molar-refractivity contribution in [3.63, 3.8) is 0 Å². The van der Waals surface area contributed by atoms with Crippen LogP contribution in [0.4, 0.5) is 0 Å². The summed E-state index contributed by atoms with van der Waals surface area (Å²) >= 11 is 0. The molecule has 18 heavy (non-hydrogen) atoms. The molecule has 0 aromatic rings. The van der Waals surface area contributed by atoms with Crippen LogP contribution in [-0.4, -0.2) is 25.0 Å². The Hall–Kier alpha value is -0.570. The van der Waals surface area contributed by atoms with Crippen LogP contribution in [0.5, 0.6) is 0 Å². The number of nitrogens with one attached hydrogen (secondary N) is 2. The molecule has 0 aliphatic heterocycles. The van der Waals surface area contributed by atoms with E-state index >= 15 is 0 Å². The molecule has 0 heterocycles. The molecule has 1 aliphatic carbocycles. The van der Waals surface area contributed by atoms with Crippen molar-refractivity contribution in [2.45, 2.75) is 65.3 Å². The van der Waals surface area contributed by atoms with Crippen LogP contribution in [0.1, 0.15) is 59.3 Å². The first kappa shape index (κ1) is 15.5. The molecule has 1 fully saturated rings. The highest BCUT2D eigenvalue weighted by Gasteiger charge is 2.14. The van der Waals surface area contributed by atoms with Gasteiger partial charge in [0.15, 0.2) is 0 Å². The third-order valence-corrected chi connectivity index (χ3v) is 4.11. The number of carbonyl (C=O) groups excluding carboxylic acids is 1. The van der Waals surface area contributed by atoms with Gasteiger partial charge in [-0.3, -0.25) is 4.79 Å². The first-order valence-electron chi connectivity index (χ1n) is 7.59. The van der Waals surface area contributed by atoms with E-state index in [-0.39, 0.29) is 5.91 Å². The maximum absolute atomic E-state index is 11.8. The van der Waals surface area contributed by atoms with E-state index in [2.05, 4.69) is 31.4 Å². The smallest absolute Gasteiger partial charge is 0.234 e. The lowest BCUT2D eigenvalue weighted by atomic mass is 9.98. The van der Waals surface area contributed by atoms with E-state index in [9.17, 15) is 4.79 Å². The van der Waals surface area contributed by atoms with Crippen LogP contribution in [0.25, 0.3) is 0 Å². The molecular formula is C15H30N2O. The van der Waals surface area contributed by atoms with Crippen LogP contribution >= 0.6 is 0 Å². The predicted molar refractivity (Wildman–Crippen MR) is 76.5 cm³/mol. The van der Waals surface area contributed by atoms with Crippen molar-refractivity contribution >= 4 is 5.91 Å². The van der Waals surface area contributed by atoms with Crippen LogP contribution < -0.4 is 10.6 Å². The number of hydrogen-bond acceptors (Lipinski definition) is 2. The molecule has 0 aromatic heterocycles. The summed E-state index contributed by atoms with van der Waals surface area (Å²) < 4.78 is 0. The number of amides is 1. The van der Waals surface area contributed by atoms with Crippen LogP contribution in [0, 0.1) is 11.8 Å². The third kappa shape index (κ3) is 6.39. The molecule has 0 aromatic carbocycles. The van der Waals surface area contributed by atoms with E-state index in [0.29, 0.717) is 24.4 Å². The molecule has 0 spiro atoms. The molecule has 1 unspecified atom stereocenters. The SMILES string of the molecule is CC(C)C(C)CNCC(=O)NC1CCCCCC1. The number of rotatable bonds is 6. The predicted octanol–water partition coefficient (Wildman–Crippen LogP) is 2.71. The maximum Gasteiger partial charge on any atom is 0.234 e. The van der Waals surface area contributed by atoms with Crippen molar-refractivity contribution in [2.75, 3.05) is 13.1 Å². The van der Waals surface area contributed by atoms with Crippen LogP contribution in [0.2, 0.25) is 0 Å². The highest BCUT2D eigenvalue weighted by molar-refractivity contribution is 5.78. The van der Waals surface area contributed by atoms with Gasteiger partial charge in [-0.1, -0.05) is 46.5 Å². The van der Waals surface area contributed by atoms with Crippen molar-refractivity contribution in [1.82, 2.24) is 10.6 Å². The van der Waals surface area contributed by atoms with E-state index in [0.717, 1.165) is 19.4 Å². The summed E-state index contributed by atoms with van der Waals surface area (Å²) in [5.74, 6) is 1.45. The Morgan fingerprint density at radius 2 is 1.72 bits per heavy atom. The Morgan fingerprint density at radius 1 is 1.11 bits per heavy atom. The Balaban J connectivity index is 2.12. The van der Waals surface area contributed by atoms with E-state index < -0.39 is 0 Å². The summed E-state index contributed by atoms with van der Waals surface area (Å²) in [5, 5.41) is 6.42. The molecule has 1 amide bonds. The quantitative estimate of drug-likeness (QED) is 0.716. The lowest BCUT2D eigenvalue weighted by molar-refractivity contribution is -0.121. The molecule has 0 radical (unpaired) electrons. The Bertz CT molecular complexity index is 233. The minimum atomic E-state index is 0.165. The summed E-state index contributed by atoms with van der Waals surface area (Å²) in [6.45, 7) is 8.06. The fraction of sp³-hybridized carbons (Fsp3) is 0.933. The summed E-state index contributed by atoms with van der Waals surface area (Å²) in [7, 11) is 0. The van der Waals surface area contributed by atoms with Gasteiger partial charge in [0.05, 0.1) is 6.54 Å². The lowest BCUT2D eigenvalue weighted by Gasteiger charge is -2.18. The van der Waals surface area contributed by atoms with Crippen molar-refractivity contribution in [3.05, 3.63) is 0 Å². The van der Waals surface area contributed by atoms with Crippen LogP contribution in [-0.2, 0) is 4.79 Å². The molecule has 3 nitrogen and oxygen atoms in total. The zero-order valence-corrected chi connectivity index (χ0v) is 12.3. The highest BCUT2D eigenvalue weighted by atomic mass is 16.1. The van der Waals surface area contributed by atoms with Gasteiger partial charge >= 0.3 is 0 Å². The van der Waals surface area contributed by atoms with Gasteiger partial charge in [-0.25, -0.2) is 0 Å². The first-order chi connectivity index (χ1) is 8.59. The molecule has 1 aliphatic rings. The van der Waals surface area contributed by atoms with Crippen LogP contribution in [0.15, 0.2) is 0 Å². The molecule has 1 saturated carbocycles. The van der Waals surface area contributed by atoms with Crippen molar-refractivity contribution < 1.29 is 4.79 Å². The zero-order valence-electron chi connectivity index (χ0n) is 12.3. The maximum atomic E-state index is 11.8. The molecule has 1 rings (SSSR count). The zero-order chi connectivity index (χ0) is 13.4. The van der Waals surface area contributed by atoms with Gasteiger partial charge in [-0.2, -0.15) is 0 Å². The minimum absolute atomic E-state index is 0.165. The summed E-state index contributed by atoms with van der Waals surface area (Å²) in [6.07, 6.45) is 7.51. The molecule has 2 N–H and O–H groups in total. The lowest BCUT2D eigenvalue weighted by Crippen LogP contribution is -2.41. The monoisotopic (exact) mass is 254 g/mol. The standard InChI is InChI=1S/C15H30N2O/c1-12(2)13(3)10-16-11-15(18)17-14-8-6-4-5-7-9-14/h12-14,16H,4-11H2,1-3H3,(H,17,18). The molecule has 0 saturated heterocycles. The molecule has 0 bridgehead atoms. The first-order valence-corrected chi connectivity index (χ1v) is 7.59. The second kappa shape index (κ2) is 8.52. The average Bonchev–Trinajstić information content (AvgIpc) is 2.57. The molecular weight excluding hydrogens is 224 g/mol. The van der Waals surface area contributed by atoms with E-state index in [4.69, 9.17) is 0 Å². The van der Waals surface area contributed by atoms with E-state index in [1.165, 1.54) is 25.7 Å². The second-order valence-corrected chi connectivity index (χ2v) is 6.11. The molecule has 106 valence electrons. The fourth-order valence-electron chi connectivity index (χ4n) is 2.35. The van der Waals surface area contributed by atoms with Gasteiger partial charge in [0.25, 0.3) is 0 Å². The topological polar surface area (TPSA) is 41.1 Å². The Kier molecular flexibility index (Phi) is 7.33. The Labute approximate surface area is 112 Å². The van der Waals surface area contributed by atoms with Gasteiger partial charge in [-0.15, -0.1) is 0 Å². The van der Waals surface area contributed by atoms with Gasteiger partial charge in [-0.05, 0) is 31.2 Å². The highest BCUT2D eigenvalue weighted by Crippen LogP contribution is 2.16. The third-order valence-electron chi connectivity index (χ3n) is 4.11. The van der Waals surface area contributed by atoms with Crippen molar-refractivity contribution in [2.24, 2.45) is 11.8 Å². The minimum Gasteiger partial charge on any atom is -0.352 e. The van der Waals surface area contributed by atoms with Gasteiger partial charge < -0.3 is 10.6 Å². The Morgan fingerprint density at radius 3 is 2.28 bits per heavy atom. The van der Waals surface area contributed by atoms with Gasteiger partial charge in [0.2, 0.25) is 5.91 Å². The fourth-order valence-corrected chi connectivity index (χ4v) is 2.35.